The fraction of sp³-hybridized carbons (Fsp3) is 0.643. The van der Waals surface area contributed by atoms with Crippen molar-refractivity contribution in [3.63, 3.8) is 0 Å². The third-order valence-electron chi connectivity index (χ3n) is 2.65. The predicted octanol–water partition coefficient (Wildman–Crippen LogP) is 2.53. The second-order valence-corrected chi connectivity index (χ2v) is 5.15. The van der Waals surface area contributed by atoms with E-state index in [1.807, 2.05) is 27.7 Å². The molecule has 112 valence electrons. The van der Waals surface area contributed by atoms with Crippen molar-refractivity contribution in [3.05, 3.63) is 17.5 Å². The first kappa shape index (κ1) is 16.4. The van der Waals surface area contributed by atoms with Gasteiger partial charge in [-0.15, -0.1) is 0 Å². The summed E-state index contributed by atoms with van der Waals surface area (Å²) >= 11 is 0. The SMILES string of the molecule is CC(C)OCCCNc1ncc(C(=O)O)c(C(C)C)n1. The quantitative estimate of drug-likeness (QED) is 0.712. The summed E-state index contributed by atoms with van der Waals surface area (Å²) < 4.78 is 5.43. The third kappa shape index (κ3) is 5.13. The highest BCUT2D eigenvalue weighted by Gasteiger charge is 2.16. The monoisotopic (exact) mass is 281 g/mol. The van der Waals surface area contributed by atoms with Gasteiger partial charge in [0, 0.05) is 19.3 Å². The van der Waals surface area contributed by atoms with E-state index in [9.17, 15) is 4.79 Å². The summed E-state index contributed by atoms with van der Waals surface area (Å²) in [6.07, 6.45) is 2.44. The van der Waals surface area contributed by atoms with Gasteiger partial charge in [-0.25, -0.2) is 14.8 Å². The first-order valence-electron chi connectivity index (χ1n) is 6.87. The average Bonchev–Trinajstić information content (AvgIpc) is 2.37. The molecule has 0 spiro atoms. The van der Waals surface area contributed by atoms with Gasteiger partial charge in [0.2, 0.25) is 5.95 Å². The fourth-order valence-electron chi connectivity index (χ4n) is 1.68. The Hall–Kier alpha value is -1.69. The molecule has 1 rings (SSSR count). The van der Waals surface area contributed by atoms with E-state index in [2.05, 4.69) is 15.3 Å². The number of aromatic nitrogens is 2. The number of ether oxygens (including phenoxy) is 1. The lowest BCUT2D eigenvalue weighted by molar-refractivity contribution is 0.0694. The molecule has 6 nitrogen and oxygen atoms in total. The number of hydrogen-bond acceptors (Lipinski definition) is 5. The van der Waals surface area contributed by atoms with Crippen LogP contribution in [-0.2, 0) is 4.74 Å². The molecule has 0 atom stereocenters. The summed E-state index contributed by atoms with van der Waals surface area (Å²) in [5.74, 6) is -0.497. The van der Waals surface area contributed by atoms with Gasteiger partial charge in [0.1, 0.15) is 0 Å². The van der Waals surface area contributed by atoms with Crippen LogP contribution in [0.15, 0.2) is 6.20 Å². The zero-order valence-corrected chi connectivity index (χ0v) is 12.5. The van der Waals surface area contributed by atoms with Gasteiger partial charge in [-0.05, 0) is 26.2 Å². The van der Waals surface area contributed by atoms with Crippen molar-refractivity contribution in [2.45, 2.75) is 46.1 Å². The maximum Gasteiger partial charge on any atom is 0.339 e. The van der Waals surface area contributed by atoms with Crippen LogP contribution in [0.25, 0.3) is 0 Å². The lowest BCUT2D eigenvalue weighted by atomic mass is 10.1. The lowest BCUT2D eigenvalue weighted by Gasteiger charge is -2.11. The first-order valence-corrected chi connectivity index (χ1v) is 6.87. The van der Waals surface area contributed by atoms with Crippen LogP contribution in [0.5, 0.6) is 0 Å². The molecule has 20 heavy (non-hydrogen) atoms. The highest BCUT2D eigenvalue weighted by Crippen LogP contribution is 2.18. The predicted molar refractivity (Wildman–Crippen MR) is 77.3 cm³/mol. The molecule has 0 aromatic carbocycles. The minimum Gasteiger partial charge on any atom is -0.478 e. The van der Waals surface area contributed by atoms with Crippen LogP contribution in [0.4, 0.5) is 5.95 Å². The zero-order chi connectivity index (χ0) is 15.1. The minimum atomic E-state index is -0.995. The Morgan fingerprint density at radius 3 is 2.65 bits per heavy atom. The summed E-state index contributed by atoms with van der Waals surface area (Å²) in [6.45, 7) is 9.18. The van der Waals surface area contributed by atoms with Gasteiger partial charge < -0.3 is 15.2 Å². The number of anilines is 1. The number of carboxylic acids is 1. The molecule has 1 aromatic rings. The summed E-state index contributed by atoms with van der Waals surface area (Å²) in [5.41, 5.74) is 0.710. The standard InChI is InChI=1S/C14H23N3O3/c1-9(2)12-11(13(18)19)8-16-14(17-12)15-6-5-7-20-10(3)4/h8-10H,5-7H2,1-4H3,(H,18,19)(H,15,16,17). The van der Waals surface area contributed by atoms with Crippen LogP contribution < -0.4 is 5.32 Å². The molecule has 1 heterocycles. The van der Waals surface area contributed by atoms with Crippen molar-refractivity contribution in [1.82, 2.24) is 9.97 Å². The van der Waals surface area contributed by atoms with E-state index < -0.39 is 5.97 Å². The normalized spacial score (nSPS) is 11.1. The third-order valence-corrected chi connectivity index (χ3v) is 2.65. The Labute approximate surface area is 119 Å². The van der Waals surface area contributed by atoms with Gasteiger partial charge >= 0.3 is 5.97 Å². The van der Waals surface area contributed by atoms with Gasteiger partial charge in [0.05, 0.1) is 17.4 Å². The van der Waals surface area contributed by atoms with Crippen LogP contribution in [0.3, 0.4) is 0 Å². The van der Waals surface area contributed by atoms with Crippen LogP contribution in [0, 0.1) is 0 Å². The smallest absolute Gasteiger partial charge is 0.339 e. The van der Waals surface area contributed by atoms with Crippen molar-refractivity contribution in [2.24, 2.45) is 0 Å². The van der Waals surface area contributed by atoms with E-state index in [1.165, 1.54) is 6.20 Å². The molecule has 0 fully saturated rings. The molecule has 0 radical (unpaired) electrons. The molecule has 0 aliphatic rings. The molecular formula is C14H23N3O3. The summed E-state index contributed by atoms with van der Waals surface area (Å²) in [6, 6.07) is 0. The topological polar surface area (TPSA) is 84.3 Å². The Kier molecular flexibility index (Phi) is 6.38. The van der Waals surface area contributed by atoms with E-state index in [4.69, 9.17) is 9.84 Å². The largest absolute Gasteiger partial charge is 0.478 e. The van der Waals surface area contributed by atoms with E-state index in [-0.39, 0.29) is 17.6 Å². The number of carbonyl (C=O) groups is 1. The number of aromatic carboxylic acids is 1. The lowest BCUT2D eigenvalue weighted by Crippen LogP contribution is -2.14. The van der Waals surface area contributed by atoms with Gasteiger partial charge in [-0.2, -0.15) is 0 Å². The van der Waals surface area contributed by atoms with Crippen LogP contribution in [-0.4, -0.2) is 40.3 Å². The molecular weight excluding hydrogens is 258 g/mol. The summed E-state index contributed by atoms with van der Waals surface area (Å²) in [7, 11) is 0. The molecule has 0 saturated carbocycles. The molecule has 0 aliphatic carbocycles. The molecule has 0 amide bonds. The molecule has 0 saturated heterocycles. The number of hydrogen-bond donors (Lipinski definition) is 2. The number of rotatable bonds is 8. The first-order chi connectivity index (χ1) is 9.41. The van der Waals surface area contributed by atoms with Crippen molar-refractivity contribution in [2.75, 3.05) is 18.5 Å². The second-order valence-electron chi connectivity index (χ2n) is 5.15. The second kappa shape index (κ2) is 7.79. The van der Waals surface area contributed by atoms with Crippen molar-refractivity contribution < 1.29 is 14.6 Å². The Morgan fingerprint density at radius 1 is 1.40 bits per heavy atom. The van der Waals surface area contributed by atoms with Crippen molar-refractivity contribution in [1.29, 1.82) is 0 Å². The minimum absolute atomic E-state index is 0.0360. The average molecular weight is 281 g/mol. The van der Waals surface area contributed by atoms with Gasteiger partial charge in [-0.1, -0.05) is 13.8 Å². The van der Waals surface area contributed by atoms with E-state index >= 15 is 0 Å². The highest BCUT2D eigenvalue weighted by molar-refractivity contribution is 5.88. The molecule has 2 N–H and O–H groups in total. The van der Waals surface area contributed by atoms with Crippen molar-refractivity contribution in [3.8, 4) is 0 Å². The Balaban J connectivity index is 2.59. The van der Waals surface area contributed by atoms with Gasteiger partial charge in [0.15, 0.2) is 0 Å². The number of carboxylic acid groups (broad SMARTS) is 1. The molecule has 0 bridgehead atoms. The number of nitrogens with one attached hydrogen (secondary N) is 1. The van der Waals surface area contributed by atoms with Crippen LogP contribution >= 0.6 is 0 Å². The van der Waals surface area contributed by atoms with E-state index in [0.717, 1.165) is 6.42 Å². The molecule has 0 aliphatic heterocycles. The molecule has 0 unspecified atom stereocenters. The fourth-order valence-corrected chi connectivity index (χ4v) is 1.68. The van der Waals surface area contributed by atoms with Crippen LogP contribution in [0.1, 0.15) is 56.1 Å². The number of nitrogens with zero attached hydrogens (tertiary/aromatic N) is 2. The summed E-state index contributed by atoms with van der Waals surface area (Å²) in [4.78, 5) is 19.4. The highest BCUT2D eigenvalue weighted by atomic mass is 16.5. The Bertz CT molecular complexity index is 447. The Morgan fingerprint density at radius 2 is 2.10 bits per heavy atom. The van der Waals surface area contributed by atoms with Gasteiger partial charge in [0.25, 0.3) is 0 Å². The maximum absolute atomic E-state index is 11.1. The van der Waals surface area contributed by atoms with Crippen LogP contribution in [0.2, 0.25) is 0 Å². The maximum atomic E-state index is 11.1. The summed E-state index contributed by atoms with van der Waals surface area (Å²) in [5, 5.41) is 12.2. The van der Waals surface area contributed by atoms with E-state index in [0.29, 0.717) is 24.8 Å². The van der Waals surface area contributed by atoms with Gasteiger partial charge in [-0.3, -0.25) is 0 Å². The van der Waals surface area contributed by atoms with Crippen molar-refractivity contribution >= 4 is 11.9 Å². The molecule has 6 heteroatoms. The van der Waals surface area contributed by atoms with E-state index in [1.54, 1.807) is 0 Å². The zero-order valence-electron chi connectivity index (χ0n) is 12.5. The molecule has 1 aromatic heterocycles.